The van der Waals surface area contributed by atoms with Gasteiger partial charge in [0.1, 0.15) is 0 Å². The molecule has 0 amide bonds. The van der Waals surface area contributed by atoms with Crippen molar-refractivity contribution in [1.82, 2.24) is 9.55 Å². The third-order valence-corrected chi connectivity index (χ3v) is 3.79. The zero-order valence-electron chi connectivity index (χ0n) is 10.6. The summed E-state index contributed by atoms with van der Waals surface area (Å²) in [6.07, 6.45) is 4.55. The van der Waals surface area contributed by atoms with Crippen LogP contribution in [0, 0.1) is 19.8 Å². The second-order valence-corrected chi connectivity index (χ2v) is 5.12. The second kappa shape index (κ2) is 5.00. The monoisotopic (exact) mass is 235 g/mol. The minimum Gasteiger partial charge on any atom is -0.327 e. The Balaban J connectivity index is 2.06. The van der Waals surface area contributed by atoms with E-state index in [1.165, 1.54) is 12.8 Å². The molecule has 94 valence electrons. The molecule has 17 heavy (non-hydrogen) atoms. The van der Waals surface area contributed by atoms with Gasteiger partial charge in [0, 0.05) is 24.0 Å². The molecule has 2 N–H and O–H groups in total. The van der Waals surface area contributed by atoms with Gasteiger partial charge >= 0.3 is 5.69 Å². The molecule has 1 aromatic heterocycles. The first-order chi connectivity index (χ1) is 8.08. The summed E-state index contributed by atoms with van der Waals surface area (Å²) in [5.41, 5.74) is 7.70. The van der Waals surface area contributed by atoms with Crippen molar-refractivity contribution in [3.8, 4) is 0 Å². The van der Waals surface area contributed by atoms with E-state index in [2.05, 4.69) is 4.98 Å². The van der Waals surface area contributed by atoms with Gasteiger partial charge in [0.2, 0.25) is 0 Å². The topological polar surface area (TPSA) is 60.9 Å². The van der Waals surface area contributed by atoms with E-state index < -0.39 is 0 Å². The van der Waals surface area contributed by atoms with E-state index in [0.717, 1.165) is 30.8 Å². The lowest BCUT2D eigenvalue weighted by Gasteiger charge is -2.16. The Hall–Kier alpha value is -1.16. The van der Waals surface area contributed by atoms with Gasteiger partial charge in [-0.05, 0) is 45.1 Å². The number of hydrogen-bond acceptors (Lipinski definition) is 3. The average molecular weight is 235 g/mol. The minimum atomic E-state index is -0.130. The SMILES string of the molecule is Cc1cc(C)n(CCC2CCCC2N)c(=O)n1. The maximum Gasteiger partial charge on any atom is 0.347 e. The summed E-state index contributed by atoms with van der Waals surface area (Å²) >= 11 is 0. The highest BCUT2D eigenvalue weighted by molar-refractivity contribution is 5.06. The van der Waals surface area contributed by atoms with E-state index in [-0.39, 0.29) is 5.69 Å². The summed E-state index contributed by atoms with van der Waals surface area (Å²) in [4.78, 5) is 15.7. The van der Waals surface area contributed by atoms with Crippen molar-refractivity contribution in [3.05, 3.63) is 27.9 Å². The van der Waals surface area contributed by atoms with Crippen molar-refractivity contribution < 1.29 is 0 Å². The van der Waals surface area contributed by atoms with Crippen LogP contribution in [0.2, 0.25) is 0 Å². The fourth-order valence-corrected chi connectivity index (χ4v) is 2.77. The molecule has 4 nitrogen and oxygen atoms in total. The molecule has 0 aromatic carbocycles. The first-order valence-electron chi connectivity index (χ1n) is 6.38. The maximum absolute atomic E-state index is 11.8. The lowest BCUT2D eigenvalue weighted by atomic mass is 10.0. The summed E-state index contributed by atoms with van der Waals surface area (Å²) in [6, 6.07) is 2.28. The van der Waals surface area contributed by atoms with Crippen LogP contribution in [-0.2, 0) is 6.54 Å². The van der Waals surface area contributed by atoms with Crippen molar-refractivity contribution >= 4 is 0 Å². The number of nitrogens with zero attached hydrogens (tertiary/aromatic N) is 2. The number of rotatable bonds is 3. The summed E-state index contributed by atoms with van der Waals surface area (Å²) in [7, 11) is 0. The first-order valence-corrected chi connectivity index (χ1v) is 6.38. The summed E-state index contributed by atoms with van der Waals surface area (Å²) in [5, 5.41) is 0. The van der Waals surface area contributed by atoms with Crippen LogP contribution < -0.4 is 11.4 Å². The molecule has 0 spiro atoms. The molecule has 4 heteroatoms. The van der Waals surface area contributed by atoms with Crippen LogP contribution in [0.3, 0.4) is 0 Å². The Morgan fingerprint density at radius 2 is 2.24 bits per heavy atom. The Morgan fingerprint density at radius 1 is 1.47 bits per heavy atom. The zero-order valence-corrected chi connectivity index (χ0v) is 10.6. The molecule has 2 rings (SSSR count). The Morgan fingerprint density at radius 3 is 2.82 bits per heavy atom. The highest BCUT2D eigenvalue weighted by atomic mass is 16.1. The predicted octanol–water partition coefficient (Wildman–Crippen LogP) is 1.38. The van der Waals surface area contributed by atoms with Crippen molar-refractivity contribution in [3.63, 3.8) is 0 Å². The lowest BCUT2D eigenvalue weighted by Crippen LogP contribution is -2.29. The van der Waals surface area contributed by atoms with Gasteiger partial charge in [0.15, 0.2) is 0 Å². The third-order valence-electron chi connectivity index (χ3n) is 3.79. The fraction of sp³-hybridized carbons (Fsp3) is 0.692. The van der Waals surface area contributed by atoms with Crippen LogP contribution in [0.1, 0.15) is 37.1 Å². The summed E-state index contributed by atoms with van der Waals surface area (Å²) in [6.45, 7) is 4.56. The molecule has 1 aliphatic rings. The van der Waals surface area contributed by atoms with Gasteiger partial charge < -0.3 is 5.73 Å². The molecule has 1 saturated carbocycles. The molecule has 2 unspecified atom stereocenters. The Bertz CT molecular complexity index is 452. The molecule has 0 radical (unpaired) electrons. The lowest BCUT2D eigenvalue weighted by molar-refractivity contribution is 0.407. The van der Waals surface area contributed by atoms with Crippen molar-refractivity contribution in [2.75, 3.05) is 0 Å². The first kappa shape index (κ1) is 12.3. The highest BCUT2D eigenvalue weighted by Crippen LogP contribution is 2.27. The molecule has 0 aliphatic heterocycles. The quantitative estimate of drug-likeness (QED) is 0.861. The highest BCUT2D eigenvalue weighted by Gasteiger charge is 2.23. The van der Waals surface area contributed by atoms with Crippen LogP contribution >= 0.6 is 0 Å². The normalized spacial score (nSPS) is 24.2. The molecule has 0 saturated heterocycles. The smallest absolute Gasteiger partial charge is 0.327 e. The van der Waals surface area contributed by atoms with Crippen LogP contribution in [0.25, 0.3) is 0 Å². The molecular formula is C13H21N3O. The van der Waals surface area contributed by atoms with E-state index >= 15 is 0 Å². The molecular weight excluding hydrogens is 214 g/mol. The molecule has 1 fully saturated rings. The van der Waals surface area contributed by atoms with Gasteiger partial charge in [-0.1, -0.05) is 6.42 Å². The molecule has 0 bridgehead atoms. The van der Waals surface area contributed by atoms with Crippen LogP contribution in [-0.4, -0.2) is 15.6 Å². The maximum atomic E-state index is 11.8. The number of nitrogens with two attached hydrogens (primary N) is 1. The molecule has 1 heterocycles. The van der Waals surface area contributed by atoms with Gasteiger partial charge in [0.25, 0.3) is 0 Å². The van der Waals surface area contributed by atoms with E-state index in [1.54, 1.807) is 4.57 Å². The minimum absolute atomic E-state index is 0.130. The van der Waals surface area contributed by atoms with E-state index in [1.807, 2.05) is 19.9 Å². The summed E-state index contributed by atoms with van der Waals surface area (Å²) < 4.78 is 1.76. The average Bonchev–Trinajstić information content (AvgIpc) is 2.62. The van der Waals surface area contributed by atoms with Crippen molar-refractivity contribution in [1.29, 1.82) is 0 Å². The van der Waals surface area contributed by atoms with Gasteiger partial charge in [-0.2, -0.15) is 4.98 Å². The molecule has 1 aliphatic carbocycles. The number of aryl methyl sites for hydroxylation is 2. The largest absolute Gasteiger partial charge is 0.347 e. The Labute approximate surface area is 102 Å². The standard InChI is InChI=1S/C13H21N3O/c1-9-8-10(2)16(13(17)15-9)7-6-11-4-3-5-12(11)14/h8,11-12H,3-7,14H2,1-2H3. The van der Waals surface area contributed by atoms with Gasteiger partial charge in [-0.15, -0.1) is 0 Å². The Kier molecular flexibility index (Phi) is 3.62. The second-order valence-electron chi connectivity index (χ2n) is 5.12. The van der Waals surface area contributed by atoms with E-state index in [0.29, 0.717) is 12.0 Å². The van der Waals surface area contributed by atoms with Crippen LogP contribution in [0.4, 0.5) is 0 Å². The van der Waals surface area contributed by atoms with Crippen LogP contribution in [0.15, 0.2) is 10.9 Å². The van der Waals surface area contributed by atoms with Gasteiger partial charge in [0.05, 0.1) is 0 Å². The van der Waals surface area contributed by atoms with Crippen molar-refractivity contribution in [2.45, 2.75) is 52.1 Å². The summed E-state index contributed by atoms with van der Waals surface area (Å²) in [5.74, 6) is 0.572. The third kappa shape index (κ3) is 2.75. The fourth-order valence-electron chi connectivity index (χ4n) is 2.77. The van der Waals surface area contributed by atoms with E-state index in [9.17, 15) is 4.79 Å². The van der Waals surface area contributed by atoms with Gasteiger partial charge in [-0.25, -0.2) is 4.79 Å². The molecule has 2 atom stereocenters. The number of hydrogen-bond donors (Lipinski definition) is 1. The predicted molar refractivity (Wildman–Crippen MR) is 67.9 cm³/mol. The number of aromatic nitrogens is 2. The van der Waals surface area contributed by atoms with Crippen molar-refractivity contribution in [2.24, 2.45) is 11.7 Å². The molecule has 1 aromatic rings. The van der Waals surface area contributed by atoms with E-state index in [4.69, 9.17) is 5.73 Å². The van der Waals surface area contributed by atoms with Gasteiger partial charge in [-0.3, -0.25) is 4.57 Å². The van der Waals surface area contributed by atoms with Crippen LogP contribution in [0.5, 0.6) is 0 Å². The zero-order chi connectivity index (χ0) is 12.4.